The van der Waals surface area contributed by atoms with Crippen LogP contribution in [-0.2, 0) is 0 Å². The molecule has 1 aliphatic carbocycles. The summed E-state index contributed by atoms with van der Waals surface area (Å²) in [7, 11) is 3.90. The summed E-state index contributed by atoms with van der Waals surface area (Å²) in [5, 5.41) is 4.06. The number of fused-ring (bicyclic) bond motifs is 1. The number of likely N-dealkylation sites (tertiary alicyclic amines) is 1. The Bertz CT molecular complexity index is 1210. The van der Waals surface area contributed by atoms with Gasteiger partial charge in [-0.15, -0.1) is 0 Å². The molecule has 1 aliphatic heterocycles. The van der Waals surface area contributed by atoms with Crippen molar-refractivity contribution in [2.75, 3.05) is 39.2 Å². The molecule has 0 amide bonds. The second-order valence-electron chi connectivity index (χ2n) is 10.1. The molecule has 198 valence electrons. The predicted molar refractivity (Wildman–Crippen MR) is 146 cm³/mol. The topological polar surface area (TPSA) is 62.8 Å². The van der Waals surface area contributed by atoms with Crippen LogP contribution in [-0.4, -0.2) is 65.8 Å². The zero-order valence-electron chi connectivity index (χ0n) is 21.6. The zero-order valence-corrected chi connectivity index (χ0v) is 22.3. The second-order valence-corrected chi connectivity index (χ2v) is 10.5. The Hall–Kier alpha value is -2.68. The van der Waals surface area contributed by atoms with Crippen molar-refractivity contribution in [2.24, 2.45) is 0 Å². The summed E-state index contributed by atoms with van der Waals surface area (Å²) in [6, 6.07) is 8.87. The molecular weight excluding hydrogens is 493 g/mol. The SMILES string of the molecule is COc1cc2ncnc(Nc3ccc(F)c(Cl)c3)c2cc1OC1CCC(N(C)CN2CCCCC2)CC1. The molecule has 9 heteroatoms. The third kappa shape index (κ3) is 6.25. The van der Waals surface area contributed by atoms with Crippen LogP contribution in [0.3, 0.4) is 0 Å². The number of halogens is 2. The lowest BCUT2D eigenvalue weighted by molar-refractivity contribution is 0.0573. The molecule has 37 heavy (non-hydrogen) atoms. The Morgan fingerprint density at radius 3 is 2.57 bits per heavy atom. The minimum atomic E-state index is -0.465. The van der Waals surface area contributed by atoms with Crippen LogP contribution in [0.4, 0.5) is 15.9 Å². The predicted octanol–water partition coefficient (Wildman–Crippen LogP) is 6.24. The van der Waals surface area contributed by atoms with E-state index < -0.39 is 5.82 Å². The fourth-order valence-corrected chi connectivity index (χ4v) is 5.62. The highest BCUT2D eigenvalue weighted by Gasteiger charge is 2.27. The van der Waals surface area contributed by atoms with Gasteiger partial charge in [0.15, 0.2) is 11.5 Å². The van der Waals surface area contributed by atoms with Gasteiger partial charge >= 0.3 is 0 Å². The third-order valence-corrected chi connectivity index (χ3v) is 7.83. The van der Waals surface area contributed by atoms with E-state index >= 15 is 0 Å². The van der Waals surface area contributed by atoms with Crippen LogP contribution in [0, 0.1) is 5.82 Å². The van der Waals surface area contributed by atoms with Crippen molar-refractivity contribution >= 4 is 34.0 Å². The molecular formula is C28H35ClFN5O2. The number of aromatic nitrogens is 2. The third-order valence-electron chi connectivity index (χ3n) is 7.54. The van der Waals surface area contributed by atoms with Crippen molar-refractivity contribution in [3.8, 4) is 11.5 Å². The average Bonchev–Trinajstić information content (AvgIpc) is 2.91. The summed E-state index contributed by atoms with van der Waals surface area (Å²) in [5.41, 5.74) is 1.36. The maximum atomic E-state index is 13.6. The summed E-state index contributed by atoms with van der Waals surface area (Å²) in [5.74, 6) is 1.44. The number of benzene rings is 2. The quantitative estimate of drug-likeness (QED) is 0.372. The molecule has 2 aliphatic rings. The first kappa shape index (κ1) is 25.9. The molecule has 0 bridgehead atoms. The Kier molecular flexibility index (Phi) is 8.27. The molecule has 5 rings (SSSR count). The number of ether oxygens (including phenoxy) is 2. The highest BCUT2D eigenvalue weighted by molar-refractivity contribution is 6.31. The number of rotatable bonds is 8. The minimum absolute atomic E-state index is 0.0474. The van der Waals surface area contributed by atoms with Crippen LogP contribution < -0.4 is 14.8 Å². The summed E-state index contributed by atoms with van der Waals surface area (Å²) < 4.78 is 25.7. The van der Waals surface area contributed by atoms with Gasteiger partial charge in [0.05, 0.1) is 30.4 Å². The lowest BCUT2D eigenvalue weighted by Crippen LogP contribution is -2.45. The van der Waals surface area contributed by atoms with E-state index in [9.17, 15) is 4.39 Å². The molecule has 7 nitrogen and oxygen atoms in total. The number of piperidine rings is 1. The van der Waals surface area contributed by atoms with E-state index in [2.05, 4.69) is 32.1 Å². The van der Waals surface area contributed by atoms with E-state index in [1.165, 1.54) is 50.8 Å². The van der Waals surface area contributed by atoms with Crippen molar-refractivity contribution < 1.29 is 13.9 Å². The normalized spacial score (nSPS) is 20.8. The summed E-state index contributed by atoms with van der Waals surface area (Å²) >= 11 is 5.96. The molecule has 1 saturated heterocycles. The number of anilines is 2. The van der Waals surface area contributed by atoms with Gasteiger partial charge < -0.3 is 14.8 Å². The molecule has 1 saturated carbocycles. The summed E-state index contributed by atoms with van der Waals surface area (Å²) in [6.45, 7) is 3.50. The van der Waals surface area contributed by atoms with Gasteiger partial charge in [-0.1, -0.05) is 18.0 Å². The monoisotopic (exact) mass is 527 g/mol. The molecule has 0 spiro atoms. The number of hydrogen-bond acceptors (Lipinski definition) is 7. The minimum Gasteiger partial charge on any atom is -0.493 e. The summed E-state index contributed by atoms with van der Waals surface area (Å²) in [6.07, 6.45) is 9.86. The van der Waals surface area contributed by atoms with Gasteiger partial charge in [0.2, 0.25) is 0 Å². The van der Waals surface area contributed by atoms with E-state index in [0.29, 0.717) is 29.0 Å². The first-order valence-corrected chi connectivity index (χ1v) is 13.5. The summed E-state index contributed by atoms with van der Waals surface area (Å²) in [4.78, 5) is 13.9. The zero-order chi connectivity index (χ0) is 25.8. The van der Waals surface area contributed by atoms with Gasteiger partial charge in [-0.3, -0.25) is 9.80 Å². The van der Waals surface area contributed by atoms with Gasteiger partial charge in [0, 0.05) is 23.2 Å². The largest absolute Gasteiger partial charge is 0.493 e. The van der Waals surface area contributed by atoms with E-state index in [1.807, 2.05) is 12.1 Å². The molecule has 2 aromatic carbocycles. The van der Waals surface area contributed by atoms with E-state index in [1.54, 1.807) is 13.2 Å². The molecule has 3 aromatic rings. The van der Waals surface area contributed by atoms with E-state index in [4.69, 9.17) is 21.1 Å². The highest BCUT2D eigenvalue weighted by Crippen LogP contribution is 2.37. The lowest BCUT2D eigenvalue weighted by Gasteiger charge is -2.38. The smallest absolute Gasteiger partial charge is 0.162 e. The molecule has 0 unspecified atom stereocenters. The van der Waals surface area contributed by atoms with Gasteiger partial charge in [0.25, 0.3) is 0 Å². The number of methoxy groups -OCH3 is 1. The van der Waals surface area contributed by atoms with Crippen LogP contribution >= 0.6 is 11.6 Å². The van der Waals surface area contributed by atoms with Crippen molar-refractivity contribution in [2.45, 2.75) is 57.1 Å². The molecule has 1 aromatic heterocycles. The first-order chi connectivity index (χ1) is 18.0. The standard InChI is InChI=1S/C28H35ClFN5O2/c1-34(18-35-12-4-3-5-13-35)20-7-9-21(10-8-20)37-27-15-22-25(16-26(27)36-2)31-17-32-28(22)33-19-6-11-24(30)23(29)14-19/h6,11,14-17,20-21H,3-5,7-10,12-13,18H2,1-2H3,(H,31,32,33). The van der Waals surface area contributed by atoms with Gasteiger partial charge in [-0.05, 0) is 82.9 Å². The maximum Gasteiger partial charge on any atom is 0.162 e. The van der Waals surface area contributed by atoms with Crippen LogP contribution in [0.2, 0.25) is 5.02 Å². The lowest BCUT2D eigenvalue weighted by atomic mass is 9.92. The molecule has 2 fully saturated rings. The Labute approximate surface area is 222 Å². The average molecular weight is 528 g/mol. The van der Waals surface area contributed by atoms with Crippen LogP contribution in [0.15, 0.2) is 36.7 Å². The van der Waals surface area contributed by atoms with Crippen molar-refractivity contribution in [3.05, 3.63) is 47.5 Å². The van der Waals surface area contributed by atoms with Gasteiger partial charge in [-0.25, -0.2) is 14.4 Å². The second kappa shape index (κ2) is 11.8. The first-order valence-electron chi connectivity index (χ1n) is 13.1. The van der Waals surface area contributed by atoms with Crippen molar-refractivity contribution in [3.63, 3.8) is 0 Å². The molecule has 1 N–H and O–H groups in total. The number of nitrogens with one attached hydrogen (secondary N) is 1. The van der Waals surface area contributed by atoms with Crippen molar-refractivity contribution in [1.82, 2.24) is 19.8 Å². The van der Waals surface area contributed by atoms with Gasteiger partial charge in [-0.2, -0.15) is 0 Å². The molecule has 0 atom stereocenters. The Morgan fingerprint density at radius 1 is 1.05 bits per heavy atom. The fourth-order valence-electron chi connectivity index (χ4n) is 5.44. The number of nitrogens with zero attached hydrogens (tertiary/aromatic N) is 4. The van der Waals surface area contributed by atoms with E-state index in [-0.39, 0.29) is 11.1 Å². The van der Waals surface area contributed by atoms with Crippen molar-refractivity contribution in [1.29, 1.82) is 0 Å². The van der Waals surface area contributed by atoms with Crippen LogP contribution in [0.25, 0.3) is 10.9 Å². The Morgan fingerprint density at radius 2 is 1.84 bits per heavy atom. The van der Waals surface area contributed by atoms with E-state index in [0.717, 1.165) is 43.3 Å². The highest BCUT2D eigenvalue weighted by atomic mass is 35.5. The van der Waals surface area contributed by atoms with Crippen LogP contribution in [0.1, 0.15) is 44.9 Å². The Balaban J connectivity index is 1.27. The molecule has 2 heterocycles. The fraction of sp³-hybridized carbons (Fsp3) is 0.500. The number of hydrogen-bond donors (Lipinski definition) is 1. The molecule has 0 radical (unpaired) electrons. The van der Waals surface area contributed by atoms with Gasteiger partial charge in [0.1, 0.15) is 18.0 Å². The van der Waals surface area contributed by atoms with Crippen LogP contribution in [0.5, 0.6) is 11.5 Å². The maximum absolute atomic E-state index is 13.6.